The van der Waals surface area contributed by atoms with E-state index in [9.17, 15) is 19.2 Å². The highest BCUT2D eigenvalue weighted by molar-refractivity contribution is 6.74. The van der Waals surface area contributed by atoms with Gasteiger partial charge in [0.25, 0.3) is 11.8 Å². The molecule has 0 bridgehead atoms. The number of anilines is 2. The third-order valence-corrected chi connectivity index (χ3v) is 16.2. The SMILES string of the molecule is CCn1nc(C)cc1C(=O)Nc1nc2cc(C(N)=O)cc(OCCCO[Si](C)(C)C(C)(C)C)c2n1C/C=C/Cn1c(NC(=O)c2cc(C)nn2CC)nc2cc(C(N)=O)c3ccoc3c21. The molecule has 0 saturated heterocycles. The van der Waals surface area contributed by atoms with Crippen LogP contribution < -0.4 is 26.8 Å². The predicted molar refractivity (Wildman–Crippen MR) is 250 cm³/mol. The third-order valence-electron chi connectivity index (χ3n) is 11.7. The summed E-state index contributed by atoms with van der Waals surface area (Å²) in [6, 6.07) is 9.76. The van der Waals surface area contributed by atoms with E-state index in [1.807, 2.05) is 32.9 Å². The number of aromatic nitrogens is 8. The number of aryl methyl sites for hydroxylation is 4. The molecular weight excluding hydrogens is 849 g/mol. The van der Waals surface area contributed by atoms with Crippen LogP contribution in [0.15, 0.2) is 59.2 Å². The Balaban J connectivity index is 1.27. The van der Waals surface area contributed by atoms with E-state index in [2.05, 4.69) is 54.7 Å². The molecule has 65 heavy (non-hydrogen) atoms. The van der Waals surface area contributed by atoms with Gasteiger partial charge in [0.1, 0.15) is 28.2 Å². The summed E-state index contributed by atoms with van der Waals surface area (Å²) >= 11 is 0. The number of primary amides is 2. The van der Waals surface area contributed by atoms with Gasteiger partial charge in [-0.25, -0.2) is 9.97 Å². The summed E-state index contributed by atoms with van der Waals surface area (Å²) in [6.45, 7) is 20.4. The molecule has 0 fully saturated rings. The monoisotopic (exact) mass is 904 g/mol. The molecule has 0 unspecified atom stereocenters. The molecule has 19 nitrogen and oxygen atoms in total. The van der Waals surface area contributed by atoms with Gasteiger partial charge >= 0.3 is 0 Å². The second-order valence-corrected chi connectivity index (χ2v) is 22.1. The van der Waals surface area contributed by atoms with Crippen molar-refractivity contribution in [1.82, 2.24) is 38.7 Å². The number of nitrogens with zero attached hydrogens (tertiary/aromatic N) is 8. The Labute approximate surface area is 376 Å². The lowest BCUT2D eigenvalue weighted by Crippen LogP contribution is -2.41. The van der Waals surface area contributed by atoms with Crippen molar-refractivity contribution in [2.24, 2.45) is 11.5 Å². The molecule has 2 aromatic carbocycles. The van der Waals surface area contributed by atoms with Crippen molar-refractivity contribution in [2.75, 3.05) is 23.8 Å². The van der Waals surface area contributed by atoms with Gasteiger partial charge in [-0.15, -0.1) is 0 Å². The normalized spacial score (nSPS) is 12.3. The maximum Gasteiger partial charge on any atom is 0.276 e. The zero-order valence-electron chi connectivity index (χ0n) is 38.2. The van der Waals surface area contributed by atoms with Crippen molar-refractivity contribution < 1.29 is 32.8 Å². The average Bonchev–Trinajstić information content (AvgIpc) is 4.08. The third kappa shape index (κ3) is 9.30. The minimum Gasteiger partial charge on any atom is -0.491 e. The first-order valence-electron chi connectivity index (χ1n) is 21.5. The van der Waals surface area contributed by atoms with Gasteiger partial charge in [0.2, 0.25) is 23.7 Å². The Bertz CT molecular complexity index is 3000. The number of carbonyl (C=O) groups excluding carboxylic acids is 4. The number of nitrogens with one attached hydrogen (secondary N) is 2. The van der Waals surface area contributed by atoms with E-state index in [0.29, 0.717) is 87.7 Å². The zero-order chi connectivity index (χ0) is 47.0. The van der Waals surface area contributed by atoms with Crippen LogP contribution in [0.5, 0.6) is 5.75 Å². The van der Waals surface area contributed by atoms with Crippen LogP contribution in [0.2, 0.25) is 18.1 Å². The molecule has 20 heteroatoms. The Morgan fingerprint density at radius 3 is 1.86 bits per heavy atom. The van der Waals surface area contributed by atoms with Gasteiger partial charge in [0.15, 0.2) is 13.9 Å². The summed E-state index contributed by atoms with van der Waals surface area (Å²) in [4.78, 5) is 62.3. The number of carbonyl (C=O) groups is 4. The second-order valence-electron chi connectivity index (χ2n) is 17.3. The summed E-state index contributed by atoms with van der Waals surface area (Å²) in [6.07, 6.45) is 5.76. The molecule has 0 atom stereocenters. The number of hydrogen-bond donors (Lipinski definition) is 4. The number of hydrogen-bond acceptors (Lipinski definition) is 11. The molecule has 7 aromatic rings. The Morgan fingerprint density at radius 1 is 0.785 bits per heavy atom. The number of rotatable bonds is 18. The summed E-state index contributed by atoms with van der Waals surface area (Å²) in [5.74, 6) is -1.48. The number of ether oxygens (including phenoxy) is 1. The van der Waals surface area contributed by atoms with E-state index in [1.165, 1.54) is 6.26 Å². The first-order valence-corrected chi connectivity index (χ1v) is 24.4. The standard InChI is InChI=1S/C45H56N12O7Si/c1-10-56-33(21-26(3)52-56)41(60)50-43-48-31-23-28(39(46)58)24-35(62-18-14-19-64-65(8,9)45(5,6)7)36(31)54(43)16-12-13-17-55-37-32(25-30(40(47)59)29-15-20-63-38(29)37)49-44(55)51-42(61)34-22-27(4)53-57(34)11-2/h12-13,15,20-25H,10-11,14,16-19H2,1-9H3,(H2,46,58)(H2,47,59)(H,48,50,60)(H,49,51,61)/b13-12+. The van der Waals surface area contributed by atoms with Gasteiger partial charge < -0.3 is 34.2 Å². The first-order chi connectivity index (χ1) is 30.8. The van der Waals surface area contributed by atoms with Crippen molar-refractivity contribution in [1.29, 1.82) is 0 Å². The van der Waals surface area contributed by atoms with Gasteiger partial charge in [0.05, 0.1) is 40.9 Å². The highest BCUT2D eigenvalue weighted by atomic mass is 28.4. The minimum atomic E-state index is -2.00. The van der Waals surface area contributed by atoms with Crippen LogP contribution in [-0.2, 0) is 30.6 Å². The summed E-state index contributed by atoms with van der Waals surface area (Å²) in [5.41, 5.74) is 16.2. The summed E-state index contributed by atoms with van der Waals surface area (Å²) in [5, 5.41) is 15.3. The maximum atomic E-state index is 13.9. The average molecular weight is 905 g/mol. The number of amides is 4. The van der Waals surface area contributed by atoms with E-state index >= 15 is 0 Å². The van der Waals surface area contributed by atoms with E-state index in [0.717, 1.165) is 0 Å². The predicted octanol–water partition coefficient (Wildman–Crippen LogP) is 6.93. The lowest BCUT2D eigenvalue weighted by Gasteiger charge is -2.36. The van der Waals surface area contributed by atoms with Gasteiger partial charge in [-0.05, 0) is 82.2 Å². The van der Waals surface area contributed by atoms with Gasteiger partial charge in [-0.3, -0.25) is 39.2 Å². The van der Waals surface area contributed by atoms with Crippen molar-refractivity contribution in [3.63, 3.8) is 0 Å². The summed E-state index contributed by atoms with van der Waals surface area (Å²) < 4.78 is 25.4. The molecule has 5 heterocycles. The summed E-state index contributed by atoms with van der Waals surface area (Å²) in [7, 11) is -2.00. The fourth-order valence-electron chi connectivity index (χ4n) is 7.38. The number of benzene rings is 2. The van der Waals surface area contributed by atoms with Crippen molar-refractivity contribution in [3.05, 3.63) is 88.7 Å². The molecule has 5 aromatic heterocycles. The fraction of sp³-hybridized carbons (Fsp3) is 0.378. The quantitative estimate of drug-likeness (QED) is 0.0390. The largest absolute Gasteiger partial charge is 0.491 e. The first kappa shape index (κ1) is 45.9. The zero-order valence-corrected chi connectivity index (χ0v) is 39.2. The minimum absolute atomic E-state index is 0.0443. The van der Waals surface area contributed by atoms with Crippen molar-refractivity contribution in [3.8, 4) is 5.75 Å². The molecule has 0 radical (unpaired) electrons. The van der Waals surface area contributed by atoms with Crippen LogP contribution >= 0.6 is 0 Å². The molecule has 0 saturated carbocycles. The van der Waals surface area contributed by atoms with Crippen LogP contribution in [0.25, 0.3) is 33.0 Å². The molecular formula is C45H56N12O7Si. The highest BCUT2D eigenvalue weighted by Gasteiger charge is 2.37. The van der Waals surface area contributed by atoms with Gasteiger partial charge in [-0.2, -0.15) is 10.2 Å². The number of allylic oxidation sites excluding steroid dienone is 2. The van der Waals surface area contributed by atoms with Gasteiger partial charge in [0, 0.05) is 50.2 Å². The number of fused-ring (bicyclic) bond motifs is 4. The molecule has 6 N–H and O–H groups in total. The number of imidazole rings is 2. The second kappa shape index (κ2) is 18.2. The number of nitrogens with two attached hydrogens (primary N) is 2. The van der Waals surface area contributed by atoms with Crippen LogP contribution in [0.4, 0.5) is 11.9 Å². The van der Waals surface area contributed by atoms with Crippen molar-refractivity contribution >= 4 is 76.9 Å². The van der Waals surface area contributed by atoms with Crippen LogP contribution in [0.1, 0.15) is 94.1 Å². The smallest absolute Gasteiger partial charge is 0.276 e. The Morgan fingerprint density at radius 2 is 1.34 bits per heavy atom. The Hall–Kier alpha value is -7.06. The molecule has 4 amide bonds. The van der Waals surface area contributed by atoms with E-state index < -0.39 is 31.9 Å². The topological polar surface area (TPSA) is 247 Å². The fourth-order valence-corrected chi connectivity index (χ4v) is 8.47. The maximum absolute atomic E-state index is 13.9. The Kier molecular flexibility index (Phi) is 12.9. The van der Waals surface area contributed by atoms with Crippen LogP contribution in [-0.4, -0.2) is 83.8 Å². The lowest BCUT2D eigenvalue weighted by atomic mass is 10.1. The van der Waals surface area contributed by atoms with E-state index in [4.69, 9.17) is 35.0 Å². The van der Waals surface area contributed by atoms with E-state index in [-0.39, 0.29) is 47.8 Å². The molecule has 0 aliphatic rings. The van der Waals surface area contributed by atoms with Gasteiger partial charge in [-0.1, -0.05) is 32.9 Å². The number of furan rings is 1. The van der Waals surface area contributed by atoms with Crippen LogP contribution in [0.3, 0.4) is 0 Å². The molecule has 0 aliphatic carbocycles. The molecule has 0 aliphatic heterocycles. The van der Waals surface area contributed by atoms with E-state index in [1.54, 1.807) is 61.8 Å². The highest BCUT2D eigenvalue weighted by Crippen LogP contribution is 2.37. The van der Waals surface area contributed by atoms with Crippen LogP contribution in [0, 0.1) is 13.8 Å². The van der Waals surface area contributed by atoms with Crippen molar-refractivity contribution in [2.45, 2.75) is 99.2 Å². The molecule has 7 rings (SSSR count). The molecule has 0 spiro atoms. The molecule has 342 valence electrons. The lowest BCUT2D eigenvalue weighted by molar-refractivity contribution is 0.0992.